The number of aromatic nitrogens is 1. The first-order valence-corrected chi connectivity index (χ1v) is 12.2. The molecule has 4 nitrogen and oxygen atoms in total. The summed E-state index contributed by atoms with van der Waals surface area (Å²) in [5.74, 6) is 1.12. The number of aliphatic hydroxyl groups is 3. The number of allylic oxidation sites excluding steroid dienone is 1. The Labute approximate surface area is 184 Å². The maximum absolute atomic E-state index is 11.7. The molecule has 4 aliphatic rings. The molecule has 166 valence electrons. The molecule has 0 spiro atoms. The van der Waals surface area contributed by atoms with Crippen molar-refractivity contribution in [3.8, 4) is 0 Å². The summed E-state index contributed by atoms with van der Waals surface area (Å²) in [6, 6.07) is 10.6. The Morgan fingerprint density at radius 2 is 1.77 bits per heavy atom. The normalized spacial score (nSPS) is 46.9. The van der Waals surface area contributed by atoms with Gasteiger partial charge in [0.05, 0.1) is 23.8 Å². The fourth-order valence-corrected chi connectivity index (χ4v) is 8.39. The maximum Gasteiger partial charge on any atom is 0.0654 e. The van der Waals surface area contributed by atoms with Crippen LogP contribution in [0.2, 0.25) is 0 Å². The van der Waals surface area contributed by atoms with Crippen LogP contribution in [0.5, 0.6) is 0 Å². The van der Waals surface area contributed by atoms with Gasteiger partial charge in [0.2, 0.25) is 0 Å². The van der Waals surface area contributed by atoms with E-state index in [1.807, 2.05) is 0 Å². The standard InChI is InChI=1S/C27H35NO3/c1-26-11-9-18(29)13-17(26)14-22(30)25-19-7-8-23(27(19,2)24(31)15-20(25)26)28-12-10-16-5-3-4-6-21(16)28/h3-6,8,10,12,17-20,22,24-25,29-31H,7,9,11,13-15H2,1-2H3/t17-,18+,19?,20?,22?,24?,25?,26-,27-/m0/s1. The van der Waals surface area contributed by atoms with Crippen LogP contribution in [0.15, 0.2) is 42.6 Å². The number of hydrogen-bond acceptors (Lipinski definition) is 3. The lowest BCUT2D eigenvalue weighted by molar-refractivity contribution is -0.189. The van der Waals surface area contributed by atoms with Crippen LogP contribution in [0, 0.1) is 34.5 Å². The van der Waals surface area contributed by atoms with E-state index in [-0.39, 0.29) is 34.9 Å². The highest BCUT2D eigenvalue weighted by atomic mass is 16.3. The van der Waals surface area contributed by atoms with Gasteiger partial charge in [0.15, 0.2) is 0 Å². The van der Waals surface area contributed by atoms with Gasteiger partial charge in [-0.25, -0.2) is 0 Å². The second kappa shape index (κ2) is 6.69. The van der Waals surface area contributed by atoms with Gasteiger partial charge in [0.1, 0.15) is 0 Å². The van der Waals surface area contributed by atoms with E-state index < -0.39 is 6.10 Å². The second-order valence-corrected chi connectivity index (χ2v) is 11.3. The lowest BCUT2D eigenvalue weighted by atomic mass is 9.43. The van der Waals surface area contributed by atoms with Crippen molar-refractivity contribution in [2.45, 2.75) is 70.7 Å². The fraction of sp³-hybridized carbons (Fsp3) is 0.630. The molecular formula is C27H35NO3. The smallest absolute Gasteiger partial charge is 0.0654 e. The van der Waals surface area contributed by atoms with Crippen molar-refractivity contribution >= 4 is 16.6 Å². The van der Waals surface area contributed by atoms with Crippen LogP contribution < -0.4 is 0 Å². The molecule has 1 aromatic carbocycles. The third-order valence-electron chi connectivity index (χ3n) is 10.2. The monoisotopic (exact) mass is 421 g/mol. The minimum absolute atomic E-state index is 0.105. The molecular weight excluding hydrogens is 386 g/mol. The molecule has 3 saturated carbocycles. The summed E-state index contributed by atoms with van der Waals surface area (Å²) in [6.07, 6.45) is 8.56. The maximum atomic E-state index is 11.7. The van der Waals surface area contributed by atoms with Gasteiger partial charge in [0, 0.05) is 17.3 Å². The van der Waals surface area contributed by atoms with E-state index in [0.717, 1.165) is 38.5 Å². The molecule has 1 aromatic heterocycles. The molecule has 0 bridgehead atoms. The van der Waals surface area contributed by atoms with Crippen molar-refractivity contribution in [3.05, 3.63) is 42.6 Å². The van der Waals surface area contributed by atoms with Crippen molar-refractivity contribution in [2.24, 2.45) is 34.5 Å². The Hall–Kier alpha value is -1.62. The first kappa shape index (κ1) is 20.0. The number of rotatable bonds is 1. The van der Waals surface area contributed by atoms with E-state index in [9.17, 15) is 15.3 Å². The van der Waals surface area contributed by atoms with Gasteiger partial charge in [-0.2, -0.15) is 0 Å². The Bertz CT molecular complexity index is 1040. The van der Waals surface area contributed by atoms with E-state index in [1.165, 1.54) is 16.6 Å². The zero-order valence-electron chi connectivity index (χ0n) is 18.6. The predicted molar refractivity (Wildman–Crippen MR) is 122 cm³/mol. The number of benzene rings is 1. The van der Waals surface area contributed by atoms with Gasteiger partial charge in [-0.15, -0.1) is 0 Å². The first-order valence-electron chi connectivity index (χ1n) is 12.2. The summed E-state index contributed by atoms with van der Waals surface area (Å²) in [5, 5.41) is 34.6. The Morgan fingerprint density at radius 1 is 0.968 bits per heavy atom. The molecule has 5 unspecified atom stereocenters. The van der Waals surface area contributed by atoms with Crippen molar-refractivity contribution in [1.29, 1.82) is 0 Å². The second-order valence-electron chi connectivity index (χ2n) is 11.3. The molecule has 0 saturated heterocycles. The number of fused-ring (bicyclic) bond motifs is 6. The highest BCUT2D eigenvalue weighted by Gasteiger charge is 2.64. The Balaban J connectivity index is 1.40. The van der Waals surface area contributed by atoms with Crippen molar-refractivity contribution < 1.29 is 15.3 Å². The molecule has 4 heteroatoms. The highest BCUT2D eigenvalue weighted by Crippen LogP contribution is 2.67. The highest BCUT2D eigenvalue weighted by molar-refractivity contribution is 5.84. The molecule has 2 aromatic rings. The minimum Gasteiger partial charge on any atom is -0.393 e. The summed E-state index contributed by atoms with van der Waals surface area (Å²) in [6.45, 7) is 4.61. The third-order valence-corrected chi connectivity index (χ3v) is 10.2. The van der Waals surface area contributed by atoms with E-state index in [1.54, 1.807) is 0 Å². The third kappa shape index (κ3) is 2.59. The van der Waals surface area contributed by atoms with Gasteiger partial charge in [-0.1, -0.05) is 38.1 Å². The summed E-state index contributed by atoms with van der Waals surface area (Å²) in [5.41, 5.74) is 2.13. The van der Waals surface area contributed by atoms with Crippen LogP contribution in [0.25, 0.3) is 16.6 Å². The lowest BCUT2D eigenvalue weighted by Crippen LogP contribution is -2.61. The Morgan fingerprint density at radius 3 is 2.61 bits per heavy atom. The molecule has 3 fully saturated rings. The molecule has 9 atom stereocenters. The molecule has 4 aliphatic carbocycles. The van der Waals surface area contributed by atoms with Crippen molar-refractivity contribution in [1.82, 2.24) is 4.57 Å². The molecule has 1 heterocycles. The van der Waals surface area contributed by atoms with E-state index in [4.69, 9.17) is 0 Å². The molecule has 3 N–H and O–H groups in total. The molecule has 6 rings (SSSR count). The van der Waals surface area contributed by atoms with Crippen LogP contribution in [-0.2, 0) is 0 Å². The average Bonchev–Trinajstić information content (AvgIpc) is 3.32. The van der Waals surface area contributed by atoms with Crippen molar-refractivity contribution in [3.63, 3.8) is 0 Å². The zero-order chi connectivity index (χ0) is 21.5. The van der Waals surface area contributed by atoms with Gasteiger partial charge in [-0.3, -0.25) is 0 Å². The lowest BCUT2D eigenvalue weighted by Gasteiger charge is -2.63. The first-order chi connectivity index (χ1) is 14.8. The number of aliphatic hydroxyl groups excluding tert-OH is 3. The van der Waals surface area contributed by atoms with Gasteiger partial charge >= 0.3 is 0 Å². The Kier molecular flexibility index (Phi) is 4.32. The molecule has 0 aliphatic heterocycles. The summed E-state index contributed by atoms with van der Waals surface area (Å²) < 4.78 is 2.27. The van der Waals surface area contributed by atoms with E-state index >= 15 is 0 Å². The summed E-state index contributed by atoms with van der Waals surface area (Å²) in [7, 11) is 0. The van der Waals surface area contributed by atoms with Gasteiger partial charge in [-0.05, 0) is 85.1 Å². The summed E-state index contributed by atoms with van der Waals surface area (Å²) in [4.78, 5) is 0. The van der Waals surface area contributed by atoms with E-state index in [0.29, 0.717) is 11.8 Å². The minimum atomic E-state index is -0.428. The number of hydrogen-bond donors (Lipinski definition) is 3. The molecule has 31 heavy (non-hydrogen) atoms. The van der Waals surface area contributed by atoms with Crippen LogP contribution in [0.3, 0.4) is 0 Å². The number of para-hydroxylation sites is 1. The average molecular weight is 422 g/mol. The fourth-order valence-electron chi connectivity index (χ4n) is 8.39. The summed E-state index contributed by atoms with van der Waals surface area (Å²) >= 11 is 0. The number of nitrogens with zero attached hydrogens (tertiary/aromatic N) is 1. The van der Waals surface area contributed by atoms with Crippen LogP contribution >= 0.6 is 0 Å². The van der Waals surface area contributed by atoms with Crippen LogP contribution in [0.4, 0.5) is 0 Å². The quantitative estimate of drug-likeness (QED) is 0.638. The molecule has 0 radical (unpaired) electrons. The van der Waals surface area contributed by atoms with Crippen LogP contribution in [0.1, 0.15) is 52.4 Å². The largest absolute Gasteiger partial charge is 0.393 e. The predicted octanol–water partition coefficient (Wildman–Crippen LogP) is 4.44. The topological polar surface area (TPSA) is 65.6 Å². The molecule has 0 amide bonds. The zero-order valence-corrected chi connectivity index (χ0v) is 18.6. The van der Waals surface area contributed by atoms with Gasteiger partial charge in [0.25, 0.3) is 0 Å². The van der Waals surface area contributed by atoms with Gasteiger partial charge < -0.3 is 19.9 Å². The van der Waals surface area contributed by atoms with Crippen molar-refractivity contribution in [2.75, 3.05) is 0 Å². The van der Waals surface area contributed by atoms with E-state index in [2.05, 4.69) is 61.0 Å². The SMILES string of the molecule is C[C@@]12C(n3ccc4ccccc43)=CCC1C1C(O)C[C@@H]3C[C@H](O)CC[C@]3(C)C1CC2O. The van der Waals surface area contributed by atoms with Crippen LogP contribution in [-0.4, -0.2) is 38.2 Å².